The summed E-state index contributed by atoms with van der Waals surface area (Å²) in [6, 6.07) is 2.64. The molecule has 0 unspecified atom stereocenters. The lowest BCUT2D eigenvalue weighted by atomic mass is 10.3. The Bertz CT molecular complexity index is 1520. The van der Waals surface area contributed by atoms with Gasteiger partial charge >= 0.3 is 5.69 Å². The Morgan fingerprint density at radius 3 is 2.56 bits per heavy atom. The maximum absolute atomic E-state index is 13.0. The first-order valence-corrected chi connectivity index (χ1v) is 12.2. The molecule has 1 aliphatic heterocycles. The highest BCUT2D eigenvalue weighted by molar-refractivity contribution is 7.89. The van der Waals surface area contributed by atoms with Crippen molar-refractivity contribution in [3.8, 4) is 23.1 Å². The predicted molar refractivity (Wildman–Crippen MR) is 121 cm³/mol. The minimum Gasteiger partial charge on any atom is -0.505 e. The SMILES string of the molecule is O=c1[nH]c(=O)n(-c2cc(Cl)c(Oc3cc(S(=O)(=O)N[C@H]4CCOC4)c(O)cn3)c(Cl)c2)nc1C(F)F. The first kappa shape index (κ1) is 26.0. The van der Waals surface area contributed by atoms with Crippen molar-refractivity contribution in [2.75, 3.05) is 13.2 Å². The van der Waals surface area contributed by atoms with E-state index in [0.717, 1.165) is 24.4 Å². The van der Waals surface area contributed by atoms with E-state index < -0.39 is 50.1 Å². The summed E-state index contributed by atoms with van der Waals surface area (Å²) in [5, 5.41) is 12.9. The lowest BCUT2D eigenvalue weighted by Crippen LogP contribution is -2.35. The van der Waals surface area contributed by atoms with Crippen molar-refractivity contribution in [3.05, 3.63) is 61.0 Å². The van der Waals surface area contributed by atoms with Crippen LogP contribution in [0.3, 0.4) is 0 Å². The summed E-state index contributed by atoms with van der Waals surface area (Å²) in [6.45, 7) is 0.569. The van der Waals surface area contributed by atoms with Gasteiger partial charge in [0.1, 0.15) is 4.90 Å². The van der Waals surface area contributed by atoms with Crippen LogP contribution in [-0.2, 0) is 14.8 Å². The van der Waals surface area contributed by atoms with E-state index in [0.29, 0.717) is 17.7 Å². The van der Waals surface area contributed by atoms with Crippen LogP contribution >= 0.6 is 23.2 Å². The molecule has 17 heteroatoms. The lowest BCUT2D eigenvalue weighted by molar-refractivity contribution is 0.141. The second-order valence-electron chi connectivity index (χ2n) is 7.37. The fourth-order valence-corrected chi connectivity index (χ4v) is 5.08. The molecule has 0 saturated carbocycles. The number of aromatic nitrogens is 4. The molecule has 1 aliphatic rings. The van der Waals surface area contributed by atoms with Gasteiger partial charge in [-0.1, -0.05) is 23.2 Å². The summed E-state index contributed by atoms with van der Waals surface area (Å²) >= 11 is 12.4. The molecule has 1 aromatic carbocycles. The van der Waals surface area contributed by atoms with Gasteiger partial charge in [0.25, 0.3) is 12.0 Å². The molecular formula is C19H15Cl2F2N5O7S. The maximum Gasteiger partial charge on any atom is 0.349 e. The van der Waals surface area contributed by atoms with Crippen molar-refractivity contribution in [1.82, 2.24) is 24.5 Å². The highest BCUT2D eigenvalue weighted by atomic mass is 35.5. The van der Waals surface area contributed by atoms with Gasteiger partial charge in [0.2, 0.25) is 15.9 Å². The number of alkyl halides is 2. The first-order chi connectivity index (χ1) is 17.0. The number of ether oxygens (including phenoxy) is 2. The van der Waals surface area contributed by atoms with Crippen LogP contribution in [0.2, 0.25) is 10.0 Å². The van der Waals surface area contributed by atoms with E-state index in [1.54, 1.807) is 4.98 Å². The lowest BCUT2D eigenvalue weighted by Gasteiger charge is -2.14. The van der Waals surface area contributed by atoms with E-state index in [4.69, 9.17) is 32.7 Å². The van der Waals surface area contributed by atoms with Gasteiger partial charge in [-0.3, -0.25) is 9.78 Å². The zero-order valence-corrected chi connectivity index (χ0v) is 20.1. The molecule has 2 aromatic heterocycles. The summed E-state index contributed by atoms with van der Waals surface area (Å²) in [7, 11) is -4.17. The number of halogens is 4. The normalized spacial score (nSPS) is 16.0. The maximum atomic E-state index is 13.0. The standard InChI is InChI=1S/C19H15Cl2F2N5O7S/c20-10-3-9(28-19(31)25-18(30)15(26-28)17(22)23)4-11(21)16(10)35-14-5-13(12(29)6-24-14)36(32,33)27-8-1-2-34-7-8/h3-6,8,17,27,29H,1-2,7H2,(H,25,30,31)/t8-/m0/s1. The molecule has 1 fully saturated rings. The molecule has 192 valence electrons. The van der Waals surface area contributed by atoms with E-state index in [2.05, 4.69) is 14.8 Å². The van der Waals surface area contributed by atoms with Crippen LogP contribution in [0.15, 0.2) is 38.9 Å². The number of rotatable bonds is 7. The van der Waals surface area contributed by atoms with Gasteiger partial charge in [-0.2, -0.15) is 9.78 Å². The van der Waals surface area contributed by atoms with Crippen molar-refractivity contribution in [2.45, 2.75) is 23.8 Å². The third-order valence-electron chi connectivity index (χ3n) is 4.86. The van der Waals surface area contributed by atoms with Crippen LogP contribution in [0.25, 0.3) is 5.69 Å². The fraction of sp³-hybridized carbons (Fsp3) is 0.263. The minimum atomic E-state index is -4.17. The fourth-order valence-electron chi connectivity index (χ4n) is 3.19. The molecular weight excluding hydrogens is 551 g/mol. The molecule has 0 aliphatic carbocycles. The van der Waals surface area contributed by atoms with E-state index in [-0.39, 0.29) is 34.0 Å². The molecule has 36 heavy (non-hydrogen) atoms. The Morgan fingerprint density at radius 1 is 1.25 bits per heavy atom. The first-order valence-electron chi connectivity index (χ1n) is 9.94. The van der Waals surface area contributed by atoms with E-state index >= 15 is 0 Å². The highest BCUT2D eigenvalue weighted by Gasteiger charge is 2.27. The predicted octanol–water partition coefficient (Wildman–Crippen LogP) is 2.13. The molecule has 3 aromatic rings. The number of sulfonamides is 1. The number of pyridine rings is 1. The van der Waals surface area contributed by atoms with Crippen LogP contribution in [0.4, 0.5) is 8.78 Å². The van der Waals surface area contributed by atoms with E-state index in [1.165, 1.54) is 0 Å². The van der Waals surface area contributed by atoms with Gasteiger partial charge < -0.3 is 14.6 Å². The van der Waals surface area contributed by atoms with Crippen molar-refractivity contribution in [3.63, 3.8) is 0 Å². The number of hydrogen-bond donors (Lipinski definition) is 3. The molecule has 0 amide bonds. The molecule has 0 radical (unpaired) electrons. The van der Waals surface area contributed by atoms with Gasteiger partial charge in [0.05, 0.1) is 28.5 Å². The minimum absolute atomic E-state index is 0.176. The summed E-state index contributed by atoms with van der Waals surface area (Å²) in [4.78, 5) is 28.6. The van der Waals surface area contributed by atoms with Gasteiger partial charge in [0.15, 0.2) is 17.2 Å². The molecule has 3 heterocycles. The Kier molecular flexibility index (Phi) is 7.28. The topological polar surface area (TPSA) is 166 Å². The number of aromatic hydroxyl groups is 1. The van der Waals surface area contributed by atoms with Crippen molar-refractivity contribution in [2.24, 2.45) is 0 Å². The summed E-state index contributed by atoms with van der Waals surface area (Å²) in [6.07, 6.45) is -1.95. The summed E-state index contributed by atoms with van der Waals surface area (Å²) in [5.41, 5.74) is -3.84. The molecule has 4 rings (SSSR count). The molecule has 1 saturated heterocycles. The second kappa shape index (κ2) is 10.1. The highest BCUT2D eigenvalue weighted by Crippen LogP contribution is 2.38. The van der Waals surface area contributed by atoms with Gasteiger partial charge in [-0.25, -0.2) is 31.7 Å². The molecule has 3 N–H and O–H groups in total. The Hall–Kier alpha value is -3.11. The smallest absolute Gasteiger partial charge is 0.349 e. The van der Waals surface area contributed by atoms with Crippen LogP contribution in [0.1, 0.15) is 18.5 Å². The largest absolute Gasteiger partial charge is 0.505 e. The van der Waals surface area contributed by atoms with Crippen molar-refractivity contribution in [1.29, 1.82) is 0 Å². The average Bonchev–Trinajstić information content (AvgIpc) is 3.29. The van der Waals surface area contributed by atoms with Crippen molar-refractivity contribution >= 4 is 33.2 Å². The summed E-state index contributed by atoms with van der Waals surface area (Å²) in [5.74, 6) is -1.18. The number of nitrogens with zero attached hydrogens (tertiary/aromatic N) is 3. The van der Waals surface area contributed by atoms with E-state index in [9.17, 15) is 31.9 Å². The molecule has 0 spiro atoms. The number of hydrogen-bond acceptors (Lipinski definition) is 9. The van der Waals surface area contributed by atoms with Gasteiger partial charge in [-0.15, -0.1) is 0 Å². The third kappa shape index (κ3) is 5.34. The average molecular weight is 566 g/mol. The quantitative estimate of drug-likeness (QED) is 0.389. The molecule has 0 bridgehead atoms. The number of aromatic amines is 1. The third-order valence-corrected chi connectivity index (χ3v) is 6.97. The van der Waals surface area contributed by atoms with Crippen LogP contribution in [0, 0.1) is 0 Å². The molecule has 12 nitrogen and oxygen atoms in total. The number of benzene rings is 1. The van der Waals surface area contributed by atoms with Crippen molar-refractivity contribution < 1.29 is 31.8 Å². The monoisotopic (exact) mass is 565 g/mol. The zero-order chi connectivity index (χ0) is 26.2. The van der Waals surface area contributed by atoms with Crippen LogP contribution in [0.5, 0.6) is 17.4 Å². The molecule has 1 atom stereocenters. The number of nitrogens with one attached hydrogen (secondary N) is 2. The number of H-pyrrole nitrogens is 1. The van der Waals surface area contributed by atoms with E-state index in [1.807, 2.05) is 0 Å². The Labute approximate surface area is 210 Å². The van der Waals surface area contributed by atoms with Gasteiger partial charge in [0, 0.05) is 18.7 Å². The van der Waals surface area contributed by atoms with Crippen LogP contribution in [-0.4, -0.2) is 52.5 Å². The zero-order valence-electron chi connectivity index (χ0n) is 17.7. The Balaban J connectivity index is 1.67. The summed E-state index contributed by atoms with van der Waals surface area (Å²) < 4.78 is 65.0. The Morgan fingerprint density at radius 2 is 1.94 bits per heavy atom. The van der Waals surface area contributed by atoms with Crippen LogP contribution < -0.4 is 20.7 Å². The van der Waals surface area contributed by atoms with Gasteiger partial charge in [-0.05, 0) is 18.6 Å². The second-order valence-corrected chi connectivity index (χ2v) is 9.87.